The second-order valence-electron chi connectivity index (χ2n) is 8.14. The van der Waals surface area contributed by atoms with Crippen LogP contribution in [0.1, 0.15) is 31.2 Å². The molecule has 0 aliphatic heterocycles. The maximum absolute atomic E-state index is 6.03. The molecule has 0 aromatic carbocycles. The fraction of sp³-hybridized carbons (Fsp3) is 0.304. The van der Waals surface area contributed by atoms with Crippen LogP contribution in [0, 0.1) is 6.92 Å². The summed E-state index contributed by atoms with van der Waals surface area (Å²) in [6.45, 7) is 2.02. The van der Waals surface area contributed by atoms with Gasteiger partial charge in [-0.3, -0.25) is 9.38 Å². The number of nitrogens with zero attached hydrogens (tertiary/aromatic N) is 5. The van der Waals surface area contributed by atoms with Gasteiger partial charge in [0.1, 0.15) is 5.65 Å². The fourth-order valence-corrected chi connectivity index (χ4v) is 4.05. The SMILES string of the molecule is Cc1cnc(N[C@H]2CC[C@H](N)CC2)nc1-c1cnc2cc(Nc3cccnc3)ccn12. The summed E-state index contributed by atoms with van der Waals surface area (Å²) in [6.07, 6.45) is 13.5. The van der Waals surface area contributed by atoms with Crippen LogP contribution in [0.15, 0.2) is 55.2 Å². The summed E-state index contributed by atoms with van der Waals surface area (Å²) in [5.74, 6) is 0.658. The van der Waals surface area contributed by atoms with E-state index in [1.54, 1.807) is 12.4 Å². The maximum atomic E-state index is 6.03. The number of pyridine rings is 2. The van der Waals surface area contributed by atoms with Crippen LogP contribution in [-0.2, 0) is 0 Å². The van der Waals surface area contributed by atoms with E-state index >= 15 is 0 Å². The number of aromatic nitrogens is 5. The molecule has 4 heterocycles. The minimum Gasteiger partial charge on any atom is -0.354 e. The lowest BCUT2D eigenvalue weighted by Gasteiger charge is -2.26. The van der Waals surface area contributed by atoms with Crippen molar-refractivity contribution in [3.8, 4) is 11.4 Å². The number of nitrogens with one attached hydrogen (secondary N) is 2. The van der Waals surface area contributed by atoms with Crippen LogP contribution in [0.3, 0.4) is 0 Å². The highest BCUT2D eigenvalue weighted by atomic mass is 15.1. The van der Waals surface area contributed by atoms with Crippen molar-refractivity contribution in [3.63, 3.8) is 0 Å². The molecule has 1 aliphatic carbocycles. The Kier molecular flexibility index (Phi) is 5.21. The van der Waals surface area contributed by atoms with Gasteiger partial charge in [-0.25, -0.2) is 15.0 Å². The summed E-state index contributed by atoms with van der Waals surface area (Å²) in [4.78, 5) is 18.1. The highest BCUT2D eigenvalue weighted by molar-refractivity contribution is 5.68. The first-order valence-electron chi connectivity index (χ1n) is 10.7. The van der Waals surface area contributed by atoms with E-state index in [1.165, 1.54) is 0 Å². The van der Waals surface area contributed by atoms with E-state index < -0.39 is 0 Å². The lowest BCUT2D eigenvalue weighted by atomic mass is 9.92. The first-order valence-corrected chi connectivity index (χ1v) is 10.7. The van der Waals surface area contributed by atoms with Crippen LogP contribution in [0.4, 0.5) is 17.3 Å². The predicted molar refractivity (Wildman–Crippen MR) is 122 cm³/mol. The van der Waals surface area contributed by atoms with E-state index in [2.05, 4.69) is 25.6 Å². The molecule has 5 rings (SSSR count). The Labute approximate surface area is 181 Å². The topological polar surface area (TPSA) is 106 Å². The van der Waals surface area contributed by atoms with Crippen molar-refractivity contribution in [2.45, 2.75) is 44.7 Å². The molecule has 0 spiro atoms. The fourth-order valence-electron chi connectivity index (χ4n) is 4.05. The van der Waals surface area contributed by atoms with Crippen LogP contribution in [0.25, 0.3) is 17.0 Å². The Bertz CT molecular complexity index is 1180. The van der Waals surface area contributed by atoms with Gasteiger partial charge in [-0.15, -0.1) is 0 Å². The molecular formula is C23H26N8. The number of hydrogen-bond donors (Lipinski definition) is 3. The van der Waals surface area contributed by atoms with Crippen molar-refractivity contribution in [2.24, 2.45) is 5.73 Å². The molecule has 4 aromatic rings. The molecule has 0 radical (unpaired) electrons. The van der Waals surface area contributed by atoms with Crippen LogP contribution < -0.4 is 16.4 Å². The average Bonchev–Trinajstić information content (AvgIpc) is 3.20. The maximum Gasteiger partial charge on any atom is 0.223 e. The third-order valence-corrected chi connectivity index (χ3v) is 5.78. The van der Waals surface area contributed by atoms with Crippen LogP contribution in [0.5, 0.6) is 0 Å². The van der Waals surface area contributed by atoms with Gasteiger partial charge in [0.2, 0.25) is 5.95 Å². The van der Waals surface area contributed by atoms with Crippen molar-refractivity contribution in [1.29, 1.82) is 0 Å². The summed E-state index contributed by atoms with van der Waals surface area (Å²) in [5.41, 5.74) is 11.6. The number of rotatable bonds is 5. The van der Waals surface area contributed by atoms with Crippen LogP contribution >= 0.6 is 0 Å². The highest BCUT2D eigenvalue weighted by Gasteiger charge is 2.20. The first kappa shape index (κ1) is 19.4. The van der Waals surface area contributed by atoms with Gasteiger partial charge in [-0.2, -0.15) is 0 Å². The van der Waals surface area contributed by atoms with Gasteiger partial charge < -0.3 is 16.4 Å². The quantitative estimate of drug-likeness (QED) is 0.454. The van der Waals surface area contributed by atoms with Crippen molar-refractivity contribution in [1.82, 2.24) is 24.3 Å². The molecule has 8 heteroatoms. The zero-order chi connectivity index (χ0) is 21.2. The van der Waals surface area contributed by atoms with Gasteiger partial charge in [-0.1, -0.05) is 0 Å². The van der Waals surface area contributed by atoms with E-state index in [0.29, 0.717) is 18.0 Å². The molecule has 1 aliphatic rings. The molecule has 0 unspecified atom stereocenters. The molecule has 0 amide bonds. The highest BCUT2D eigenvalue weighted by Crippen LogP contribution is 2.26. The molecule has 1 fully saturated rings. The normalized spacial score (nSPS) is 18.8. The number of hydrogen-bond acceptors (Lipinski definition) is 7. The summed E-state index contributed by atoms with van der Waals surface area (Å²) in [5, 5.41) is 6.85. The molecule has 4 aromatic heterocycles. The van der Waals surface area contributed by atoms with E-state index in [9.17, 15) is 0 Å². The summed E-state index contributed by atoms with van der Waals surface area (Å²) < 4.78 is 2.05. The second-order valence-corrected chi connectivity index (χ2v) is 8.14. The Balaban J connectivity index is 1.41. The minimum atomic E-state index is 0.322. The number of nitrogens with two attached hydrogens (primary N) is 1. The van der Waals surface area contributed by atoms with Gasteiger partial charge in [-0.05, 0) is 56.4 Å². The number of aryl methyl sites for hydroxylation is 1. The van der Waals surface area contributed by atoms with Gasteiger partial charge in [0.05, 0.1) is 29.5 Å². The average molecular weight is 415 g/mol. The van der Waals surface area contributed by atoms with E-state index in [-0.39, 0.29) is 0 Å². The molecule has 1 saturated carbocycles. The molecule has 31 heavy (non-hydrogen) atoms. The minimum absolute atomic E-state index is 0.322. The Morgan fingerprint density at radius 1 is 1.03 bits per heavy atom. The van der Waals surface area contributed by atoms with Crippen molar-refractivity contribution in [2.75, 3.05) is 10.6 Å². The second kappa shape index (κ2) is 8.31. The van der Waals surface area contributed by atoms with E-state index in [4.69, 9.17) is 10.7 Å². The molecule has 0 saturated heterocycles. The molecule has 8 nitrogen and oxygen atoms in total. The van der Waals surface area contributed by atoms with Gasteiger partial charge in [0.25, 0.3) is 0 Å². The Morgan fingerprint density at radius 2 is 1.90 bits per heavy atom. The molecule has 158 valence electrons. The molecule has 0 bridgehead atoms. The van der Waals surface area contributed by atoms with Crippen molar-refractivity contribution >= 4 is 23.0 Å². The predicted octanol–water partition coefficient (Wildman–Crippen LogP) is 3.92. The number of fused-ring (bicyclic) bond motifs is 1. The van der Waals surface area contributed by atoms with Gasteiger partial charge in [0.15, 0.2) is 0 Å². The summed E-state index contributed by atoms with van der Waals surface area (Å²) in [6, 6.07) is 8.61. The first-order chi connectivity index (χ1) is 15.2. The smallest absolute Gasteiger partial charge is 0.223 e. The lowest BCUT2D eigenvalue weighted by molar-refractivity contribution is 0.410. The third-order valence-electron chi connectivity index (χ3n) is 5.78. The zero-order valence-corrected chi connectivity index (χ0v) is 17.5. The van der Waals surface area contributed by atoms with Crippen LogP contribution in [0.2, 0.25) is 0 Å². The largest absolute Gasteiger partial charge is 0.354 e. The number of anilines is 3. The van der Waals surface area contributed by atoms with Crippen LogP contribution in [-0.4, -0.2) is 36.4 Å². The van der Waals surface area contributed by atoms with E-state index in [1.807, 2.05) is 54.2 Å². The van der Waals surface area contributed by atoms with Crippen molar-refractivity contribution in [3.05, 3.63) is 60.8 Å². The molecular weight excluding hydrogens is 388 g/mol. The molecule has 4 N–H and O–H groups in total. The zero-order valence-electron chi connectivity index (χ0n) is 17.5. The third kappa shape index (κ3) is 4.20. The lowest BCUT2D eigenvalue weighted by Crippen LogP contribution is -2.33. The van der Waals surface area contributed by atoms with Gasteiger partial charge >= 0.3 is 0 Å². The number of imidazole rings is 1. The Hall–Kier alpha value is -3.52. The monoisotopic (exact) mass is 414 g/mol. The summed E-state index contributed by atoms with van der Waals surface area (Å²) >= 11 is 0. The summed E-state index contributed by atoms with van der Waals surface area (Å²) in [7, 11) is 0. The standard InChI is InChI=1S/C23H26N8/c1-15-12-27-23(29-17-6-4-16(24)5-7-17)30-22(15)20-14-26-21-11-18(8-10-31(20)21)28-19-3-2-9-25-13-19/h2-3,8-14,16-17,28H,4-7,24H2,1H3,(H,27,29,30)/t16-,17-. The van der Waals surface area contributed by atoms with E-state index in [0.717, 1.165) is 59.7 Å². The van der Waals surface area contributed by atoms with Crippen molar-refractivity contribution < 1.29 is 0 Å². The van der Waals surface area contributed by atoms with Gasteiger partial charge in [0, 0.05) is 42.4 Å². The molecule has 0 atom stereocenters. The Morgan fingerprint density at radius 3 is 2.71 bits per heavy atom.